The first-order valence-electron chi connectivity index (χ1n) is 27.2. The Kier molecular flexibility index (Phi) is 57.7. The van der Waals surface area contributed by atoms with Crippen LogP contribution in [0.3, 0.4) is 0 Å². The van der Waals surface area contributed by atoms with Crippen molar-refractivity contribution in [1.82, 2.24) is 25.8 Å². The number of likely N-dealkylation sites (tertiary alicyclic amines) is 1. The van der Waals surface area contributed by atoms with Gasteiger partial charge in [0.25, 0.3) is 0 Å². The van der Waals surface area contributed by atoms with Crippen LogP contribution in [0, 0.1) is 41.4 Å². The van der Waals surface area contributed by atoms with E-state index in [0.717, 1.165) is 113 Å². The summed E-state index contributed by atoms with van der Waals surface area (Å²) in [6.45, 7) is 44.8. The van der Waals surface area contributed by atoms with E-state index in [4.69, 9.17) is 16.2 Å². The summed E-state index contributed by atoms with van der Waals surface area (Å²) in [7, 11) is 3.35. The van der Waals surface area contributed by atoms with Crippen LogP contribution in [0.1, 0.15) is 193 Å². The molecule has 0 aromatic carbocycles. The molecule has 1 aliphatic heterocycles. The zero-order chi connectivity index (χ0) is 48.7. The van der Waals surface area contributed by atoms with Gasteiger partial charge in [-0.25, -0.2) is 5.90 Å². The predicted molar refractivity (Wildman–Crippen MR) is 284 cm³/mol. The van der Waals surface area contributed by atoms with Gasteiger partial charge < -0.3 is 37.0 Å². The molecule has 2 fully saturated rings. The minimum Gasteiger partial charge on any atom is -0.379 e. The average Bonchev–Trinajstić information content (AvgIpc) is 3.26. The molecule has 63 heavy (non-hydrogen) atoms. The third-order valence-corrected chi connectivity index (χ3v) is 13.1. The molecule has 10 nitrogen and oxygen atoms in total. The Labute approximate surface area is 397 Å². The van der Waals surface area contributed by atoms with E-state index in [1.807, 2.05) is 41.7 Å². The van der Waals surface area contributed by atoms with Crippen molar-refractivity contribution in [2.45, 2.75) is 205 Å². The molecule has 2 rings (SSSR count). The maximum absolute atomic E-state index is 6.15. The third kappa shape index (κ3) is 41.5. The van der Waals surface area contributed by atoms with Crippen LogP contribution in [0.25, 0.3) is 0 Å². The average molecular weight is 904 g/mol. The molecule has 10 heteroatoms. The summed E-state index contributed by atoms with van der Waals surface area (Å²) >= 11 is 0. The van der Waals surface area contributed by atoms with Crippen LogP contribution in [0.4, 0.5) is 0 Å². The highest BCUT2D eigenvalue weighted by Gasteiger charge is 2.36. The van der Waals surface area contributed by atoms with Crippen molar-refractivity contribution in [3.63, 3.8) is 0 Å². The van der Waals surface area contributed by atoms with Gasteiger partial charge >= 0.3 is 0 Å². The summed E-state index contributed by atoms with van der Waals surface area (Å²) in [5.41, 5.74) is 11.0. The van der Waals surface area contributed by atoms with Crippen molar-refractivity contribution in [2.24, 2.45) is 58.8 Å². The molecule has 0 bridgehead atoms. The number of hydrogen-bond donors (Lipinski definition) is 6. The lowest BCUT2D eigenvalue weighted by Gasteiger charge is -2.49. The highest BCUT2D eigenvalue weighted by molar-refractivity contribution is 4.92. The molecule has 386 valence electrons. The largest absolute Gasteiger partial charge is 0.379 e. The van der Waals surface area contributed by atoms with Crippen molar-refractivity contribution >= 4 is 0 Å². The van der Waals surface area contributed by atoms with Gasteiger partial charge in [-0.3, -0.25) is 9.80 Å². The lowest BCUT2D eigenvalue weighted by molar-refractivity contribution is -0.00272. The number of nitrogens with one attached hydrogen (secondary N) is 3. The molecule has 7 atom stereocenters. The van der Waals surface area contributed by atoms with Crippen molar-refractivity contribution in [3.8, 4) is 0 Å². The summed E-state index contributed by atoms with van der Waals surface area (Å²) in [4.78, 5) is 9.36. The Morgan fingerprint density at radius 3 is 1.87 bits per heavy atom. The quantitative estimate of drug-likeness (QED) is 0.0286. The van der Waals surface area contributed by atoms with Crippen LogP contribution in [0.5, 0.6) is 0 Å². The fourth-order valence-electron chi connectivity index (χ4n) is 9.04. The van der Waals surface area contributed by atoms with Crippen LogP contribution < -0.4 is 33.3 Å². The van der Waals surface area contributed by atoms with E-state index in [1.54, 1.807) is 0 Å². The lowest BCUT2D eigenvalue weighted by Crippen LogP contribution is -2.62. The molecule has 0 spiro atoms. The van der Waals surface area contributed by atoms with Crippen LogP contribution >= 0.6 is 0 Å². The summed E-state index contributed by atoms with van der Waals surface area (Å²) < 4.78 is 5.43. The molecule has 0 aromatic heterocycles. The molecular weight excluding hydrogens is 781 g/mol. The number of unbranched alkanes of at least 4 members (excludes halogenated alkanes) is 1. The van der Waals surface area contributed by atoms with Crippen molar-refractivity contribution < 1.29 is 9.57 Å². The predicted octanol–water partition coefficient (Wildman–Crippen LogP) is 10.6. The minimum absolute atomic E-state index is 0.729. The van der Waals surface area contributed by atoms with E-state index >= 15 is 0 Å². The topological polar surface area (TPSA) is 139 Å². The summed E-state index contributed by atoms with van der Waals surface area (Å²) in [6.07, 6.45) is 20.5. The van der Waals surface area contributed by atoms with Crippen molar-refractivity contribution in [3.05, 3.63) is 0 Å². The second-order valence-electron chi connectivity index (χ2n) is 18.8. The second-order valence-corrected chi connectivity index (χ2v) is 18.8. The highest BCUT2D eigenvalue weighted by Crippen LogP contribution is 2.37. The molecule has 1 saturated heterocycles. The van der Waals surface area contributed by atoms with Gasteiger partial charge in [-0.1, -0.05) is 141 Å². The molecule has 9 N–H and O–H groups in total. The van der Waals surface area contributed by atoms with E-state index in [2.05, 4.69) is 98.8 Å². The van der Waals surface area contributed by atoms with Crippen molar-refractivity contribution in [1.29, 1.82) is 0 Å². The zero-order valence-electron chi connectivity index (χ0n) is 45.9. The van der Waals surface area contributed by atoms with Gasteiger partial charge in [-0.15, -0.1) is 0 Å². The van der Waals surface area contributed by atoms with Crippen LogP contribution in [0.15, 0.2) is 0 Å². The standard InChI is InChI=1S/C33H68N4.C13H30N2O.C2H7N.2C2H6.CH5NO/c1-8-30(22-31(23-34)15-13-26(3)4)12-10-11-18-36(19-17-35-9-2)33-24-37(25-33)29(7)21-32-16-14-27(5)20-28(32)6;1-4-6-13(5-2)7-8-15-10-12-16-11-9-14-3;1-2-3;2*1-2;1-3-2/h26-33,35H,8-25,34H2,1-7H3;13-15H,4-12H2,1-3H3;2-3H2,1H3;2*1-2H3;2H2,1H3/t27-,28?,29+,30-,31?,32-;13-;;;;/m00..../s1. The number of rotatable bonds is 32. The first-order valence-corrected chi connectivity index (χ1v) is 27.2. The number of hydrogen-bond acceptors (Lipinski definition) is 10. The van der Waals surface area contributed by atoms with E-state index in [1.165, 1.54) is 130 Å². The third-order valence-electron chi connectivity index (χ3n) is 13.1. The number of nitrogens with two attached hydrogens (primary N) is 3. The first-order chi connectivity index (χ1) is 30.4. The monoisotopic (exact) mass is 903 g/mol. The lowest BCUT2D eigenvalue weighted by atomic mass is 9.73. The Bertz CT molecular complexity index is 835. The van der Waals surface area contributed by atoms with E-state index in [9.17, 15) is 0 Å². The fourth-order valence-corrected chi connectivity index (χ4v) is 9.04. The summed E-state index contributed by atoms with van der Waals surface area (Å²) in [5, 5.41) is 10.1. The fraction of sp³-hybridized carbons (Fsp3) is 1.00. The van der Waals surface area contributed by atoms with Gasteiger partial charge in [0, 0.05) is 51.4 Å². The van der Waals surface area contributed by atoms with Crippen molar-refractivity contribution in [2.75, 3.05) is 99.4 Å². The van der Waals surface area contributed by atoms with Crippen LogP contribution in [-0.2, 0) is 9.57 Å². The maximum atomic E-state index is 6.15. The number of nitrogens with zero attached hydrogens (tertiary/aromatic N) is 2. The molecule has 2 unspecified atom stereocenters. The molecule has 0 aromatic rings. The molecule has 1 aliphatic carbocycles. The van der Waals surface area contributed by atoms with Crippen LogP contribution in [0.2, 0.25) is 0 Å². The van der Waals surface area contributed by atoms with Gasteiger partial charge in [-0.2, -0.15) is 0 Å². The maximum Gasteiger partial charge on any atom is 0.0591 e. The number of ether oxygens (including phenoxy) is 1. The Morgan fingerprint density at radius 2 is 1.35 bits per heavy atom. The Balaban J connectivity index is -0.000000555. The minimum atomic E-state index is 0.729. The second kappa shape index (κ2) is 52.6. The molecule has 1 heterocycles. The molecule has 1 saturated carbocycles. The SMILES string of the molecule is CC.CC.CCC[C@H](CC)CCNCCOCCNC.CCN.CCNCCN(CCCC[C@H](CC)CC(CN)CCC(C)C)C1CN([C@H](C)C[C@@H]2CC[C@H](C)CC2C)C1.CON. The smallest absolute Gasteiger partial charge is 0.0591 e. The first kappa shape index (κ1) is 69.2. The Hall–Kier alpha value is -0.400. The van der Waals surface area contributed by atoms with Gasteiger partial charge in [0.2, 0.25) is 0 Å². The highest BCUT2D eigenvalue weighted by atomic mass is 16.6. The van der Waals surface area contributed by atoms with E-state index in [-0.39, 0.29) is 0 Å². The summed E-state index contributed by atoms with van der Waals surface area (Å²) in [5.74, 6) is 10.5. The number of likely N-dealkylation sites (N-methyl/N-ethyl adjacent to an activating group) is 2. The molecule has 0 amide bonds. The van der Waals surface area contributed by atoms with E-state index < -0.39 is 0 Å². The molecule has 2 aliphatic rings. The Morgan fingerprint density at radius 1 is 0.730 bits per heavy atom. The molecule has 0 radical (unpaired) electrons. The van der Waals surface area contributed by atoms with Gasteiger partial charge in [0.15, 0.2) is 0 Å². The summed E-state index contributed by atoms with van der Waals surface area (Å²) in [6, 6.07) is 1.52. The van der Waals surface area contributed by atoms with Crippen LogP contribution in [-0.4, -0.2) is 121 Å². The van der Waals surface area contributed by atoms with Gasteiger partial charge in [0.1, 0.15) is 0 Å². The normalized spacial score (nSPS) is 19.3. The van der Waals surface area contributed by atoms with E-state index in [0.29, 0.717) is 0 Å². The zero-order valence-corrected chi connectivity index (χ0v) is 45.9. The van der Waals surface area contributed by atoms with Gasteiger partial charge in [-0.05, 0) is 133 Å². The van der Waals surface area contributed by atoms with Gasteiger partial charge in [0.05, 0.1) is 20.3 Å². The molecular formula is C53H122N8O2.